The minimum absolute atomic E-state index is 0.109. The van der Waals surface area contributed by atoms with Crippen LogP contribution in [0.2, 0.25) is 0 Å². The quantitative estimate of drug-likeness (QED) is 0.330. The summed E-state index contributed by atoms with van der Waals surface area (Å²) in [5.41, 5.74) is 3.81. The van der Waals surface area contributed by atoms with Crippen LogP contribution in [-0.2, 0) is 17.8 Å². The number of carbonyl (C=O) groups is 1. The Hall–Kier alpha value is -4.39. The van der Waals surface area contributed by atoms with Crippen LogP contribution in [0.25, 0.3) is 33.1 Å². The molecule has 0 fully saturated rings. The Labute approximate surface area is 199 Å². The number of amides is 1. The summed E-state index contributed by atoms with van der Waals surface area (Å²) in [5, 5.41) is 4.35. The molecule has 2 heterocycles. The molecule has 7 heteroatoms. The van der Waals surface area contributed by atoms with Crippen molar-refractivity contribution < 1.29 is 22.8 Å². The molecule has 0 saturated heterocycles. The van der Waals surface area contributed by atoms with Crippen LogP contribution < -0.4 is 15.7 Å². The molecule has 1 N–H and O–H groups in total. The zero-order valence-corrected chi connectivity index (χ0v) is 19.2. The SMILES string of the molecule is COc1cccc(CNC(=O)Cc2c(C)c3cc4c(-c5ccc(F)cc5)coc4cc3oc2=O)c1. The Morgan fingerprint density at radius 3 is 2.60 bits per heavy atom. The van der Waals surface area contributed by atoms with Gasteiger partial charge in [-0.05, 0) is 53.9 Å². The Morgan fingerprint density at radius 1 is 1.03 bits per heavy atom. The molecule has 2 aromatic heterocycles. The lowest BCUT2D eigenvalue weighted by molar-refractivity contribution is -0.120. The number of fused-ring (bicyclic) bond motifs is 2. The number of rotatable bonds is 6. The van der Waals surface area contributed by atoms with Gasteiger partial charge < -0.3 is 18.9 Å². The standard InChI is InChI=1S/C28H22FNO5/c1-16-21-11-23-24(18-6-8-19(29)9-7-18)15-34-25(23)13-26(21)35-28(32)22(16)12-27(31)30-14-17-4-3-5-20(10-17)33-2/h3-11,13,15H,12,14H2,1-2H3,(H,30,31). The van der Waals surface area contributed by atoms with E-state index < -0.39 is 5.63 Å². The van der Waals surface area contributed by atoms with Crippen LogP contribution in [0.5, 0.6) is 5.75 Å². The molecular weight excluding hydrogens is 449 g/mol. The number of benzene rings is 3. The molecule has 0 saturated carbocycles. The molecule has 0 spiro atoms. The summed E-state index contributed by atoms with van der Waals surface area (Å²) >= 11 is 0. The molecule has 176 valence electrons. The van der Waals surface area contributed by atoms with Gasteiger partial charge in [-0.2, -0.15) is 0 Å². The van der Waals surface area contributed by atoms with Crippen molar-refractivity contribution in [2.24, 2.45) is 0 Å². The molecule has 0 aliphatic carbocycles. The number of ether oxygens (including phenoxy) is 1. The van der Waals surface area contributed by atoms with Gasteiger partial charge in [0.2, 0.25) is 5.91 Å². The van der Waals surface area contributed by atoms with E-state index in [0.29, 0.717) is 40.0 Å². The van der Waals surface area contributed by atoms with Gasteiger partial charge in [-0.1, -0.05) is 24.3 Å². The van der Waals surface area contributed by atoms with Crippen LogP contribution in [-0.4, -0.2) is 13.0 Å². The number of aryl methyl sites for hydroxylation is 1. The van der Waals surface area contributed by atoms with E-state index in [0.717, 1.165) is 22.1 Å². The van der Waals surface area contributed by atoms with E-state index in [1.54, 1.807) is 38.5 Å². The number of furan rings is 1. The van der Waals surface area contributed by atoms with Gasteiger partial charge in [-0.3, -0.25) is 4.79 Å². The van der Waals surface area contributed by atoms with Crippen molar-refractivity contribution in [1.82, 2.24) is 5.32 Å². The number of nitrogens with one attached hydrogen (secondary N) is 1. The topological polar surface area (TPSA) is 81.7 Å². The number of halogens is 1. The van der Waals surface area contributed by atoms with Crippen LogP contribution in [0.3, 0.4) is 0 Å². The maximum atomic E-state index is 13.4. The van der Waals surface area contributed by atoms with Crippen LogP contribution in [0.4, 0.5) is 4.39 Å². The predicted molar refractivity (Wildman–Crippen MR) is 131 cm³/mol. The van der Waals surface area contributed by atoms with Crippen molar-refractivity contribution in [1.29, 1.82) is 0 Å². The third kappa shape index (κ3) is 4.40. The normalized spacial score (nSPS) is 11.2. The van der Waals surface area contributed by atoms with Gasteiger partial charge in [0.1, 0.15) is 22.7 Å². The van der Waals surface area contributed by atoms with Crippen molar-refractivity contribution in [3.8, 4) is 16.9 Å². The molecule has 0 radical (unpaired) electrons. The molecule has 5 aromatic rings. The monoisotopic (exact) mass is 471 g/mol. The van der Waals surface area contributed by atoms with Crippen LogP contribution in [0.1, 0.15) is 16.7 Å². The lowest BCUT2D eigenvalue weighted by atomic mass is 9.99. The fraction of sp³-hybridized carbons (Fsp3) is 0.143. The first-order chi connectivity index (χ1) is 16.9. The van der Waals surface area contributed by atoms with E-state index in [4.69, 9.17) is 13.6 Å². The molecule has 5 rings (SSSR count). The highest BCUT2D eigenvalue weighted by molar-refractivity contribution is 6.02. The third-order valence-electron chi connectivity index (χ3n) is 6.10. The fourth-order valence-electron chi connectivity index (χ4n) is 4.17. The van der Waals surface area contributed by atoms with Crippen LogP contribution in [0, 0.1) is 12.7 Å². The molecule has 3 aromatic carbocycles. The van der Waals surface area contributed by atoms with Gasteiger partial charge in [0, 0.05) is 28.9 Å². The molecule has 0 atom stereocenters. The minimum atomic E-state index is -0.559. The highest BCUT2D eigenvalue weighted by atomic mass is 19.1. The lowest BCUT2D eigenvalue weighted by Crippen LogP contribution is -2.27. The third-order valence-corrected chi connectivity index (χ3v) is 6.10. The van der Waals surface area contributed by atoms with Crippen LogP contribution >= 0.6 is 0 Å². The second-order valence-corrected chi connectivity index (χ2v) is 8.30. The first kappa shape index (κ1) is 22.4. The van der Waals surface area contributed by atoms with Gasteiger partial charge >= 0.3 is 5.63 Å². The van der Waals surface area contributed by atoms with Crippen molar-refractivity contribution in [2.45, 2.75) is 19.9 Å². The zero-order valence-electron chi connectivity index (χ0n) is 19.2. The second kappa shape index (κ2) is 9.10. The summed E-state index contributed by atoms with van der Waals surface area (Å²) in [6.07, 6.45) is 1.49. The molecule has 35 heavy (non-hydrogen) atoms. The van der Waals surface area contributed by atoms with Gasteiger partial charge in [-0.15, -0.1) is 0 Å². The maximum Gasteiger partial charge on any atom is 0.340 e. The number of hydrogen-bond acceptors (Lipinski definition) is 5. The summed E-state index contributed by atoms with van der Waals surface area (Å²) in [6.45, 7) is 2.11. The van der Waals surface area contributed by atoms with Gasteiger partial charge in [0.15, 0.2) is 0 Å². The fourth-order valence-corrected chi connectivity index (χ4v) is 4.17. The van der Waals surface area contributed by atoms with E-state index in [9.17, 15) is 14.0 Å². The molecule has 6 nitrogen and oxygen atoms in total. The Bertz CT molecular complexity index is 1620. The molecule has 0 aliphatic heterocycles. The maximum absolute atomic E-state index is 13.4. The van der Waals surface area contributed by atoms with Crippen LogP contribution in [0.15, 0.2) is 80.6 Å². The zero-order chi connectivity index (χ0) is 24.5. The molecular formula is C28H22FNO5. The number of methoxy groups -OCH3 is 1. The largest absolute Gasteiger partial charge is 0.497 e. The van der Waals surface area contributed by atoms with Crippen molar-refractivity contribution in [3.05, 3.63) is 99.9 Å². The van der Waals surface area contributed by atoms with E-state index >= 15 is 0 Å². The summed E-state index contributed by atoms with van der Waals surface area (Å²) in [6, 6.07) is 17.1. The Balaban J connectivity index is 1.46. The average molecular weight is 471 g/mol. The van der Waals surface area contributed by atoms with E-state index in [1.807, 2.05) is 30.3 Å². The van der Waals surface area contributed by atoms with E-state index in [-0.39, 0.29) is 18.1 Å². The molecule has 0 aliphatic rings. The summed E-state index contributed by atoms with van der Waals surface area (Å²) in [7, 11) is 1.58. The predicted octanol–water partition coefficient (Wildman–Crippen LogP) is 5.52. The Kier molecular flexibility index (Phi) is 5.82. The minimum Gasteiger partial charge on any atom is -0.497 e. The van der Waals surface area contributed by atoms with Crippen molar-refractivity contribution in [3.63, 3.8) is 0 Å². The van der Waals surface area contributed by atoms with E-state index in [2.05, 4.69) is 5.32 Å². The highest BCUT2D eigenvalue weighted by Crippen LogP contribution is 2.34. The molecule has 1 amide bonds. The highest BCUT2D eigenvalue weighted by Gasteiger charge is 2.18. The summed E-state index contributed by atoms with van der Waals surface area (Å²) < 4.78 is 29.8. The number of hydrogen-bond donors (Lipinski definition) is 1. The van der Waals surface area contributed by atoms with Gasteiger partial charge in [0.05, 0.1) is 25.4 Å². The second-order valence-electron chi connectivity index (χ2n) is 8.30. The number of carbonyl (C=O) groups excluding carboxylic acids is 1. The molecule has 0 bridgehead atoms. The first-order valence-corrected chi connectivity index (χ1v) is 11.1. The Morgan fingerprint density at radius 2 is 1.83 bits per heavy atom. The summed E-state index contributed by atoms with van der Waals surface area (Å²) in [4.78, 5) is 25.4. The van der Waals surface area contributed by atoms with Crippen molar-refractivity contribution >= 4 is 27.8 Å². The lowest BCUT2D eigenvalue weighted by Gasteiger charge is -2.10. The van der Waals surface area contributed by atoms with Gasteiger partial charge in [0.25, 0.3) is 0 Å². The first-order valence-electron chi connectivity index (χ1n) is 11.1. The average Bonchev–Trinajstić information content (AvgIpc) is 3.27. The summed E-state index contributed by atoms with van der Waals surface area (Å²) in [5.74, 6) is 0.0891. The smallest absolute Gasteiger partial charge is 0.340 e. The van der Waals surface area contributed by atoms with Crippen molar-refractivity contribution in [2.75, 3.05) is 7.11 Å². The van der Waals surface area contributed by atoms with Gasteiger partial charge in [-0.25, -0.2) is 9.18 Å². The molecule has 0 unspecified atom stereocenters. The van der Waals surface area contributed by atoms with E-state index in [1.165, 1.54) is 12.1 Å².